The van der Waals surface area contributed by atoms with Crippen LogP contribution in [0.2, 0.25) is 13.1 Å². The van der Waals surface area contributed by atoms with Crippen molar-refractivity contribution in [1.82, 2.24) is 0 Å². The topological polar surface area (TPSA) is 0 Å². The fraction of sp³-hybridized carbons (Fsp3) is 0.423. The van der Waals surface area contributed by atoms with Crippen molar-refractivity contribution >= 4 is 48.1 Å². The average molecular weight is 879 g/mol. The zero-order valence-corrected chi connectivity index (χ0v) is 40.0. The van der Waals surface area contributed by atoms with Crippen LogP contribution in [0.5, 0.6) is 0 Å². The minimum atomic E-state index is -0.826. The number of rotatable bonds is 6. The van der Waals surface area contributed by atoms with E-state index in [4.69, 9.17) is 17.0 Å². The second kappa shape index (κ2) is 22.2. The Morgan fingerprint density at radius 3 is 1.18 bits per heavy atom. The summed E-state index contributed by atoms with van der Waals surface area (Å²) in [6.45, 7) is 13.6. The molecule has 4 heteroatoms. The van der Waals surface area contributed by atoms with Gasteiger partial charge >= 0.3 is 37.9 Å². The zero-order valence-electron chi connectivity index (χ0n) is 35.0. The van der Waals surface area contributed by atoms with Crippen molar-refractivity contribution in [2.45, 2.75) is 131 Å². The first-order chi connectivity index (χ1) is 27.1. The molecule has 0 heterocycles. The van der Waals surface area contributed by atoms with Gasteiger partial charge in [0.05, 0.1) is 0 Å². The summed E-state index contributed by atoms with van der Waals surface area (Å²) in [7, 11) is 11.0. The third-order valence-electron chi connectivity index (χ3n) is 12.2. The Balaban J connectivity index is 0.000000188. The molecule has 0 atom stereocenters. The first-order valence-electron chi connectivity index (χ1n) is 21.1. The molecule has 0 amide bonds. The molecule has 0 saturated heterocycles. The standard InChI is InChI=1S/2C25H29.C2H6Si.2ClH.Zr/c2*1-19-10-12-21(13-11-19)23-9-7-8-22-16-20(17-24(22)23)18-25(2)14-5-3-4-6-15-25;1-3-2;;;/h2*7-13,16-17H,3-6,14-15,18H2,1-2H3;1-2H3;2*1H;/q2*-1;;;;+4/p-2. The summed E-state index contributed by atoms with van der Waals surface area (Å²) < 4.78 is 0. The molecule has 0 aliphatic heterocycles. The van der Waals surface area contributed by atoms with Crippen molar-refractivity contribution in [3.8, 4) is 22.3 Å². The first-order valence-corrected chi connectivity index (χ1v) is 29.5. The molecule has 2 aliphatic carbocycles. The Labute approximate surface area is 361 Å². The predicted octanol–water partition coefficient (Wildman–Crippen LogP) is 17.0. The molecule has 0 nitrogen and oxygen atoms in total. The van der Waals surface area contributed by atoms with Crippen LogP contribution in [0, 0.1) is 24.7 Å². The molecule has 0 N–H and O–H groups in total. The van der Waals surface area contributed by atoms with Crippen molar-refractivity contribution in [2.75, 3.05) is 0 Å². The fourth-order valence-electron chi connectivity index (χ4n) is 9.27. The number of aryl methyl sites for hydroxylation is 2. The molecule has 0 bridgehead atoms. The van der Waals surface area contributed by atoms with Crippen molar-refractivity contribution in [3.63, 3.8) is 0 Å². The van der Waals surface area contributed by atoms with E-state index in [1.165, 1.54) is 156 Å². The van der Waals surface area contributed by atoms with Gasteiger partial charge in [0.2, 0.25) is 0 Å². The Hall–Kier alpha value is -2.22. The van der Waals surface area contributed by atoms with Crippen molar-refractivity contribution in [2.24, 2.45) is 10.8 Å². The van der Waals surface area contributed by atoms with E-state index in [0.717, 1.165) is 9.52 Å². The number of hydrogen-bond donors (Lipinski definition) is 0. The summed E-state index contributed by atoms with van der Waals surface area (Å²) >= 11 is -0.826. The third-order valence-corrected chi connectivity index (χ3v) is 12.2. The van der Waals surface area contributed by atoms with Gasteiger partial charge in [-0.1, -0.05) is 161 Å². The Bertz CT molecular complexity index is 1890. The van der Waals surface area contributed by atoms with Crippen LogP contribution in [0.3, 0.4) is 0 Å². The van der Waals surface area contributed by atoms with E-state index in [1.807, 2.05) is 0 Å². The van der Waals surface area contributed by atoms with Gasteiger partial charge in [0.25, 0.3) is 0 Å². The van der Waals surface area contributed by atoms with E-state index in [9.17, 15) is 0 Å². The predicted molar refractivity (Wildman–Crippen MR) is 248 cm³/mol. The summed E-state index contributed by atoms with van der Waals surface area (Å²) in [5, 5.41) is 5.62. The summed E-state index contributed by atoms with van der Waals surface area (Å²) in [6, 6.07) is 41.1. The average Bonchev–Trinajstić information content (AvgIpc) is 3.63. The second-order valence-corrected chi connectivity index (χ2v) is 22.2. The molecule has 2 radical (unpaired) electrons. The molecule has 0 aromatic heterocycles. The van der Waals surface area contributed by atoms with Crippen LogP contribution in [0.1, 0.15) is 113 Å². The quantitative estimate of drug-likeness (QED) is 0.0888. The summed E-state index contributed by atoms with van der Waals surface area (Å²) in [5.74, 6) is 0. The van der Waals surface area contributed by atoms with Gasteiger partial charge in [-0.2, -0.15) is 12.1 Å². The van der Waals surface area contributed by atoms with E-state index in [0.29, 0.717) is 10.8 Å². The molecule has 6 aromatic rings. The minimum absolute atomic E-state index is 0.491. The van der Waals surface area contributed by atoms with Gasteiger partial charge in [-0.15, -0.1) is 69.1 Å². The summed E-state index contributed by atoms with van der Waals surface area (Å²) in [6.07, 6.45) is 19.4. The fourth-order valence-corrected chi connectivity index (χ4v) is 9.27. The van der Waals surface area contributed by atoms with Crippen LogP contribution in [0.25, 0.3) is 43.8 Å². The summed E-state index contributed by atoms with van der Waals surface area (Å²) in [4.78, 5) is 0. The molecule has 8 rings (SSSR count). The van der Waals surface area contributed by atoms with E-state index in [1.54, 1.807) is 0 Å². The molecule has 0 unspecified atom stereocenters. The van der Waals surface area contributed by atoms with E-state index in [-0.39, 0.29) is 0 Å². The Kier molecular flexibility index (Phi) is 17.8. The SMILES string of the molecule is C[Si]C.Cc1ccc(-c2cccc3[cH-]c(CC4(C)CCCCCC4)cc23)cc1.Cc1ccc(-c2cccc3[cH-]c(CC4(C)CCCCCC4)cc23)cc1.[Cl][Zr+2][Cl]. The third kappa shape index (κ3) is 12.9. The van der Waals surface area contributed by atoms with E-state index in [2.05, 4.69) is 150 Å². The number of fused-ring (bicyclic) bond motifs is 2. The van der Waals surface area contributed by atoms with Crippen LogP contribution in [-0.2, 0) is 33.7 Å². The van der Waals surface area contributed by atoms with Crippen molar-refractivity contribution < 1.29 is 20.8 Å². The molecule has 2 fully saturated rings. The van der Waals surface area contributed by atoms with Crippen molar-refractivity contribution in [3.05, 3.63) is 131 Å². The number of hydrogen-bond acceptors (Lipinski definition) is 0. The van der Waals surface area contributed by atoms with Gasteiger partial charge in [0.15, 0.2) is 0 Å². The maximum absolute atomic E-state index is 4.93. The molecular weight excluding hydrogens is 815 g/mol. The monoisotopic (exact) mass is 876 g/mol. The van der Waals surface area contributed by atoms with Gasteiger partial charge in [-0.3, -0.25) is 0 Å². The molecule has 2 aliphatic rings. The van der Waals surface area contributed by atoms with Crippen LogP contribution >= 0.6 is 17.0 Å². The van der Waals surface area contributed by atoms with Gasteiger partial charge in [-0.05, 0) is 74.3 Å². The van der Waals surface area contributed by atoms with Gasteiger partial charge in [0, 0.05) is 9.52 Å². The number of benzene rings is 4. The molecule has 56 heavy (non-hydrogen) atoms. The molecule has 6 aromatic carbocycles. The van der Waals surface area contributed by atoms with Gasteiger partial charge in [0.1, 0.15) is 0 Å². The van der Waals surface area contributed by atoms with Crippen LogP contribution in [0.15, 0.2) is 109 Å². The van der Waals surface area contributed by atoms with E-state index >= 15 is 0 Å². The first kappa shape index (κ1) is 44.9. The Morgan fingerprint density at radius 1 is 0.536 bits per heavy atom. The summed E-state index contributed by atoms with van der Waals surface area (Å²) in [5.41, 5.74) is 12.1. The van der Waals surface area contributed by atoms with E-state index < -0.39 is 20.8 Å². The van der Waals surface area contributed by atoms with Gasteiger partial charge < -0.3 is 0 Å². The molecule has 2 saturated carbocycles. The second-order valence-electron chi connectivity index (χ2n) is 17.5. The Morgan fingerprint density at radius 2 is 0.857 bits per heavy atom. The zero-order chi connectivity index (χ0) is 40.0. The van der Waals surface area contributed by atoms with Crippen LogP contribution < -0.4 is 0 Å². The van der Waals surface area contributed by atoms with Crippen LogP contribution in [0.4, 0.5) is 0 Å². The van der Waals surface area contributed by atoms with Gasteiger partial charge in [-0.25, -0.2) is 0 Å². The number of halogens is 2. The van der Waals surface area contributed by atoms with Crippen LogP contribution in [-0.4, -0.2) is 9.52 Å². The van der Waals surface area contributed by atoms with Crippen molar-refractivity contribution in [1.29, 1.82) is 0 Å². The normalized spacial score (nSPS) is 16.1. The molecule has 294 valence electrons. The molecule has 0 spiro atoms. The molecular formula is C52H64Cl2SiZr. The maximum atomic E-state index is 4.93.